The molecule has 1 unspecified atom stereocenters. The maximum atomic E-state index is 13.4. The van der Waals surface area contributed by atoms with Crippen LogP contribution >= 0.6 is 0 Å². The highest BCUT2D eigenvalue weighted by Crippen LogP contribution is 2.30. The molecule has 0 saturated heterocycles. The van der Waals surface area contributed by atoms with Gasteiger partial charge in [0.05, 0.1) is 6.54 Å². The molecule has 2 aromatic carbocycles. The van der Waals surface area contributed by atoms with Crippen LogP contribution in [-0.4, -0.2) is 41.7 Å². The highest BCUT2D eigenvalue weighted by atomic mass is 16.5. The third-order valence-corrected chi connectivity index (χ3v) is 6.25. The second kappa shape index (κ2) is 9.85. The van der Waals surface area contributed by atoms with Crippen LogP contribution in [0, 0.1) is 11.3 Å². The number of nitrogens with zero attached hydrogens (tertiary/aromatic N) is 1. The van der Waals surface area contributed by atoms with E-state index in [9.17, 15) is 9.59 Å². The lowest BCUT2D eigenvalue weighted by molar-refractivity contribution is -0.141. The quantitative estimate of drug-likeness (QED) is 0.459. The van der Waals surface area contributed by atoms with Crippen molar-refractivity contribution >= 4 is 23.3 Å². The van der Waals surface area contributed by atoms with Crippen molar-refractivity contribution in [2.45, 2.75) is 44.6 Å². The number of fused-ring (bicyclic) bond motifs is 1. The molecule has 1 aliphatic carbocycles. The molecule has 2 aromatic rings. The number of rotatable bonds is 7. The van der Waals surface area contributed by atoms with Gasteiger partial charge in [-0.3, -0.25) is 15.0 Å². The average molecular weight is 435 g/mol. The zero-order chi connectivity index (χ0) is 22.5. The minimum absolute atomic E-state index is 0.0139. The van der Waals surface area contributed by atoms with Crippen LogP contribution < -0.4 is 15.8 Å². The lowest BCUT2D eigenvalue weighted by Crippen LogP contribution is -2.47. The molecular formula is C25H30N4O3. The van der Waals surface area contributed by atoms with E-state index in [0.717, 1.165) is 24.2 Å². The predicted octanol–water partition coefficient (Wildman–Crippen LogP) is 3.32. The number of para-hydroxylation sites is 1. The Morgan fingerprint density at radius 2 is 1.78 bits per heavy atom. The van der Waals surface area contributed by atoms with Gasteiger partial charge in [0.25, 0.3) is 5.91 Å². The van der Waals surface area contributed by atoms with Crippen molar-refractivity contribution in [2.75, 3.05) is 18.4 Å². The van der Waals surface area contributed by atoms with Crippen LogP contribution in [0.25, 0.3) is 0 Å². The Hall–Kier alpha value is -3.35. The Balaban J connectivity index is 1.43. The van der Waals surface area contributed by atoms with Crippen molar-refractivity contribution in [1.82, 2.24) is 4.90 Å². The van der Waals surface area contributed by atoms with Crippen LogP contribution in [0.3, 0.4) is 0 Å². The first kappa shape index (κ1) is 21.9. The number of nitrogens with two attached hydrogens (primary N) is 1. The van der Waals surface area contributed by atoms with Crippen molar-refractivity contribution in [3.05, 3.63) is 59.7 Å². The maximum Gasteiger partial charge on any atom is 0.264 e. The summed E-state index contributed by atoms with van der Waals surface area (Å²) in [4.78, 5) is 27.9. The highest BCUT2D eigenvalue weighted by molar-refractivity contribution is 5.97. The molecule has 0 radical (unpaired) electrons. The maximum absolute atomic E-state index is 13.4. The van der Waals surface area contributed by atoms with Gasteiger partial charge in [-0.2, -0.15) is 0 Å². The fourth-order valence-corrected chi connectivity index (χ4v) is 4.54. The normalized spacial score (nSPS) is 17.8. The van der Waals surface area contributed by atoms with Gasteiger partial charge in [-0.15, -0.1) is 0 Å². The molecule has 1 heterocycles. The van der Waals surface area contributed by atoms with Crippen molar-refractivity contribution in [1.29, 1.82) is 5.41 Å². The molecule has 0 bridgehead atoms. The van der Waals surface area contributed by atoms with E-state index >= 15 is 0 Å². The molecule has 1 atom stereocenters. The van der Waals surface area contributed by atoms with Crippen molar-refractivity contribution in [2.24, 2.45) is 11.7 Å². The van der Waals surface area contributed by atoms with Gasteiger partial charge in [-0.25, -0.2) is 0 Å². The first-order valence-electron chi connectivity index (χ1n) is 11.3. The van der Waals surface area contributed by atoms with Gasteiger partial charge in [0.15, 0.2) is 6.10 Å². The minimum Gasteiger partial charge on any atom is -0.480 e. The summed E-state index contributed by atoms with van der Waals surface area (Å²) in [7, 11) is 0. The predicted molar refractivity (Wildman–Crippen MR) is 124 cm³/mol. The summed E-state index contributed by atoms with van der Waals surface area (Å²) < 4.78 is 5.92. The monoisotopic (exact) mass is 434 g/mol. The number of anilines is 1. The zero-order valence-corrected chi connectivity index (χ0v) is 18.2. The number of amides is 2. The number of amidine groups is 1. The lowest BCUT2D eigenvalue weighted by atomic mass is 9.89. The van der Waals surface area contributed by atoms with Crippen LogP contribution in [0.5, 0.6) is 5.75 Å². The zero-order valence-electron chi connectivity index (χ0n) is 18.2. The van der Waals surface area contributed by atoms with E-state index in [2.05, 4.69) is 5.32 Å². The van der Waals surface area contributed by atoms with Crippen molar-refractivity contribution in [3.8, 4) is 5.75 Å². The van der Waals surface area contributed by atoms with Gasteiger partial charge in [0, 0.05) is 24.2 Å². The molecule has 1 saturated carbocycles. The van der Waals surface area contributed by atoms with E-state index in [1.165, 1.54) is 19.3 Å². The number of hydrogen-bond donors (Lipinski definition) is 3. The summed E-state index contributed by atoms with van der Waals surface area (Å²) >= 11 is 0. The molecule has 0 aromatic heterocycles. The van der Waals surface area contributed by atoms with Crippen LogP contribution in [0.4, 0.5) is 5.69 Å². The first-order chi connectivity index (χ1) is 15.5. The van der Waals surface area contributed by atoms with Gasteiger partial charge >= 0.3 is 0 Å². The van der Waals surface area contributed by atoms with Crippen LogP contribution in [0.2, 0.25) is 0 Å². The Morgan fingerprint density at radius 1 is 1.06 bits per heavy atom. The smallest absolute Gasteiger partial charge is 0.264 e. The fraction of sp³-hybridized carbons (Fsp3) is 0.400. The molecule has 1 fully saturated rings. The molecule has 7 nitrogen and oxygen atoms in total. The summed E-state index contributed by atoms with van der Waals surface area (Å²) in [6.45, 7) is 0.561. The minimum atomic E-state index is -0.585. The van der Waals surface area contributed by atoms with Crippen molar-refractivity contribution in [3.63, 3.8) is 0 Å². The standard InChI is InChI=1S/C25H30N4O3/c26-24(27)18-10-12-20(13-11-18)28-23(30)16-29(15-17-6-2-1-3-7-17)25(31)22-14-19-8-4-5-9-21(19)32-22/h4-5,8-13,17,22H,1-3,6-7,14-16H2,(H3,26,27)(H,28,30). The number of benzene rings is 2. The molecule has 2 amide bonds. The Bertz CT molecular complexity index is 958. The van der Waals surface area contributed by atoms with Crippen LogP contribution in [-0.2, 0) is 16.0 Å². The van der Waals surface area contributed by atoms with Gasteiger partial charge in [-0.1, -0.05) is 37.5 Å². The number of ether oxygens (including phenoxy) is 1. The molecule has 168 valence electrons. The van der Waals surface area contributed by atoms with Crippen molar-refractivity contribution < 1.29 is 14.3 Å². The van der Waals surface area contributed by atoms with Gasteiger partial charge in [0.1, 0.15) is 11.6 Å². The summed E-state index contributed by atoms with van der Waals surface area (Å²) in [5.74, 6) is 0.761. The number of nitrogen functional groups attached to an aromatic ring is 1. The van der Waals surface area contributed by atoms with E-state index in [0.29, 0.717) is 30.1 Å². The Labute approximate surface area is 188 Å². The molecule has 32 heavy (non-hydrogen) atoms. The third kappa shape index (κ3) is 5.28. The van der Waals surface area contributed by atoms with Crippen LogP contribution in [0.15, 0.2) is 48.5 Å². The molecule has 1 aliphatic heterocycles. The molecular weight excluding hydrogens is 404 g/mol. The van der Waals surface area contributed by atoms with E-state index in [4.69, 9.17) is 15.9 Å². The van der Waals surface area contributed by atoms with E-state index in [-0.39, 0.29) is 24.2 Å². The van der Waals surface area contributed by atoms with Gasteiger partial charge in [-0.05, 0) is 54.7 Å². The summed E-state index contributed by atoms with van der Waals surface area (Å²) in [6, 6.07) is 14.5. The molecule has 7 heteroatoms. The third-order valence-electron chi connectivity index (χ3n) is 6.25. The highest BCUT2D eigenvalue weighted by Gasteiger charge is 2.34. The number of carbonyl (C=O) groups is 2. The summed E-state index contributed by atoms with van der Waals surface area (Å²) in [5, 5.41) is 10.3. The Morgan fingerprint density at radius 3 is 2.47 bits per heavy atom. The average Bonchev–Trinajstić information content (AvgIpc) is 3.23. The number of nitrogens with one attached hydrogen (secondary N) is 2. The number of carbonyl (C=O) groups excluding carboxylic acids is 2. The SMILES string of the molecule is N=C(N)c1ccc(NC(=O)CN(CC2CCCCC2)C(=O)C2Cc3ccccc3O2)cc1. The van der Waals surface area contributed by atoms with Gasteiger partial charge in [0.2, 0.25) is 5.91 Å². The topological polar surface area (TPSA) is 109 Å². The largest absolute Gasteiger partial charge is 0.480 e. The molecule has 4 N–H and O–H groups in total. The first-order valence-corrected chi connectivity index (χ1v) is 11.3. The molecule has 4 rings (SSSR count). The fourth-order valence-electron chi connectivity index (χ4n) is 4.54. The second-order valence-electron chi connectivity index (χ2n) is 8.68. The second-order valence-corrected chi connectivity index (χ2v) is 8.68. The van der Waals surface area contributed by atoms with Gasteiger partial charge < -0.3 is 20.7 Å². The van der Waals surface area contributed by atoms with E-state index in [1.54, 1.807) is 29.2 Å². The Kier molecular flexibility index (Phi) is 6.73. The lowest BCUT2D eigenvalue weighted by Gasteiger charge is -2.31. The summed E-state index contributed by atoms with van der Waals surface area (Å²) in [5.41, 5.74) is 7.71. The van der Waals surface area contributed by atoms with E-state index in [1.807, 2.05) is 24.3 Å². The van der Waals surface area contributed by atoms with E-state index < -0.39 is 6.10 Å². The van der Waals surface area contributed by atoms with Crippen LogP contribution in [0.1, 0.15) is 43.2 Å². The number of hydrogen-bond acceptors (Lipinski definition) is 4. The molecule has 2 aliphatic rings. The summed E-state index contributed by atoms with van der Waals surface area (Å²) in [6.07, 6.45) is 5.71. The molecule has 0 spiro atoms.